The molecule has 1 N–H and O–H groups in total. The Morgan fingerprint density at radius 2 is 1.50 bits per heavy atom. The summed E-state index contributed by atoms with van der Waals surface area (Å²) in [5.74, 6) is 2.10. The third kappa shape index (κ3) is 4.48. The maximum atomic E-state index is 9.37. The lowest BCUT2D eigenvalue weighted by Crippen LogP contribution is -2.40. The third-order valence-corrected chi connectivity index (χ3v) is 10.5. The predicted molar refractivity (Wildman–Crippen MR) is 112 cm³/mol. The van der Waals surface area contributed by atoms with E-state index in [1.165, 1.54) is 0 Å². The van der Waals surface area contributed by atoms with E-state index in [9.17, 15) is 5.11 Å². The molecule has 0 aromatic heterocycles. The number of rotatable bonds is 9. The van der Waals surface area contributed by atoms with Crippen LogP contribution in [0.5, 0.6) is 17.2 Å². The number of aliphatic hydroxyl groups excluding tert-OH is 1. The van der Waals surface area contributed by atoms with Crippen molar-refractivity contribution in [1.29, 1.82) is 0 Å². The second-order valence-electron chi connectivity index (χ2n) is 8.83. The van der Waals surface area contributed by atoms with Gasteiger partial charge in [-0.15, -0.1) is 0 Å². The van der Waals surface area contributed by atoms with Crippen molar-refractivity contribution in [3.05, 3.63) is 16.7 Å². The summed E-state index contributed by atoms with van der Waals surface area (Å²) in [5, 5.41) is 9.47. The fourth-order valence-corrected chi connectivity index (χ4v) is 4.15. The number of benzene rings is 1. The largest absolute Gasteiger partial charge is 0.496 e. The zero-order chi connectivity index (χ0) is 21.3. The molecule has 0 saturated carbocycles. The molecule has 1 aliphatic rings. The highest BCUT2D eigenvalue weighted by Gasteiger charge is 2.41. The maximum Gasteiger partial charge on any atom is 0.192 e. The molecular formula is C21H36O6Si. The number of hydrogen-bond donors (Lipinski definition) is 1. The van der Waals surface area contributed by atoms with E-state index < -0.39 is 8.32 Å². The molecule has 28 heavy (non-hydrogen) atoms. The molecule has 0 aliphatic carbocycles. The molecule has 7 heteroatoms. The Labute approximate surface area is 170 Å². The van der Waals surface area contributed by atoms with E-state index in [4.69, 9.17) is 23.4 Å². The van der Waals surface area contributed by atoms with Crippen LogP contribution in [0, 0.1) is 6.92 Å². The topological polar surface area (TPSA) is 69.7 Å². The van der Waals surface area contributed by atoms with Gasteiger partial charge in [-0.25, -0.2) is 0 Å². The molecule has 0 radical (unpaired) electrons. The normalized spacial score (nSPS) is 19.5. The summed E-state index contributed by atoms with van der Waals surface area (Å²) in [6, 6.07) is 0. The predicted octanol–water partition coefficient (Wildman–Crippen LogP) is 3.84. The van der Waals surface area contributed by atoms with Crippen molar-refractivity contribution in [3.63, 3.8) is 0 Å². The molecule has 1 fully saturated rings. The van der Waals surface area contributed by atoms with E-state index in [-0.39, 0.29) is 23.9 Å². The summed E-state index contributed by atoms with van der Waals surface area (Å²) >= 11 is 0. The van der Waals surface area contributed by atoms with Gasteiger partial charge in [-0.2, -0.15) is 0 Å². The molecule has 1 aliphatic heterocycles. The van der Waals surface area contributed by atoms with Crippen molar-refractivity contribution < 1.29 is 28.5 Å². The molecule has 0 amide bonds. The molecule has 1 aromatic carbocycles. The molecule has 160 valence electrons. The van der Waals surface area contributed by atoms with Gasteiger partial charge in [0, 0.05) is 23.1 Å². The third-order valence-electron chi connectivity index (χ3n) is 6.07. The Morgan fingerprint density at radius 3 is 1.93 bits per heavy atom. The van der Waals surface area contributed by atoms with Gasteiger partial charge in [0.25, 0.3) is 0 Å². The van der Waals surface area contributed by atoms with Crippen molar-refractivity contribution in [3.8, 4) is 17.2 Å². The van der Waals surface area contributed by atoms with Gasteiger partial charge in [-0.3, -0.25) is 0 Å². The first-order valence-corrected chi connectivity index (χ1v) is 12.6. The van der Waals surface area contributed by atoms with Crippen LogP contribution in [0.25, 0.3) is 0 Å². The molecular weight excluding hydrogens is 376 g/mol. The van der Waals surface area contributed by atoms with Crippen LogP contribution in [0.4, 0.5) is 0 Å². The first-order chi connectivity index (χ1) is 13.0. The highest BCUT2D eigenvalue weighted by atomic mass is 28.4. The minimum absolute atomic E-state index is 0.0229. The van der Waals surface area contributed by atoms with Crippen LogP contribution in [-0.2, 0) is 22.2 Å². The molecule has 1 heterocycles. The van der Waals surface area contributed by atoms with Crippen molar-refractivity contribution in [2.45, 2.75) is 71.1 Å². The molecule has 1 aromatic rings. The van der Waals surface area contributed by atoms with E-state index in [2.05, 4.69) is 33.9 Å². The number of ether oxygens (including phenoxy) is 4. The fraction of sp³-hybridized carbons (Fsp3) is 0.714. The smallest absolute Gasteiger partial charge is 0.192 e. The second kappa shape index (κ2) is 8.61. The van der Waals surface area contributed by atoms with Gasteiger partial charge in [0.2, 0.25) is 0 Å². The van der Waals surface area contributed by atoms with Crippen molar-refractivity contribution in [2.24, 2.45) is 0 Å². The molecule has 2 atom stereocenters. The SMILES string of the molecule is COc1c(C)c(OC)c(OC)c(CO[Si](C)(C)C(C)(C)C)c1C[C@H]1O[C@@H]1CO. The van der Waals surface area contributed by atoms with Crippen LogP contribution in [0.2, 0.25) is 18.1 Å². The lowest BCUT2D eigenvalue weighted by atomic mass is 9.96. The minimum atomic E-state index is -1.97. The van der Waals surface area contributed by atoms with E-state index in [0.29, 0.717) is 24.5 Å². The quantitative estimate of drug-likeness (QED) is 0.491. The van der Waals surface area contributed by atoms with Gasteiger partial charge >= 0.3 is 0 Å². The highest BCUT2D eigenvalue weighted by Crippen LogP contribution is 2.47. The minimum Gasteiger partial charge on any atom is -0.496 e. The number of methoxy groups -OCH3 is 3. The van der Waals surface area contributed by atoms with E-state index >= 15 is 0 Å². The molecule has 0 spiro atoms. The van der Waals surface area contributed by atoms with Gasteiger partial charge in [-0.05, 0) is 25.1 Å². The lowest BCUT2D eigenvalue weighted by molar-refractivity contribution is 0.241. The van der Waals surface area contributed by atoms with E-state index in [0.717, 1.165) is 22.4 Å². The Bertz CT molecular complexity index is 695. The number of epoxide rings is 1. The summed E-state index contributed by atoms with van der Waals surface area (Å²) in [5.41, 5.74) is 2.81. The van der Waals surface area contributed by atoms with Gasteiger partial charge in [0.15, 0.2) is 19.8 Å². The Hall–Kier alpha value is -1.28. The highest BCUT2D eigenvalue weighted by molar-refractivity contribution is 6.74. The van der Waals surface area contributed by atoms with Gasteiger partial charge < -0.3 is 28.5 Å². The van der Waals surface area contributed by atoms with Crippen LogP contribution in [0.15, 0.2) is 0 Å². The van der Waals surface area contributed by atoms with Crippen LogP contribution in [0.3, 0.4) is 0 Å². The first kappa shape index (κ1) is 23.0. The van der Waals surface area contributed by atoms with Crippen LogP contribution in [0.1, 0.15) is 37.5 Å². The second-order valence-corrected chi connectivity index (χ2v) is 13.6. The van der Waals surface area contributed by atoms with Gasteiger partial charge in [-0.1, -0.05) is 20.8 Å². The van der Waals surface area contributed by atoms with Crippen molar-refractivity contribution >= 4 is 8.32 Å². The maximum absolute atomic E-state index is 9.37. The van der Waals surface area contributed by atoms with E-state index in [1.807, 2.05) is 6.92 Å². The molecule has 1 saturated heterocycles. The Morgan fingerprint density at radius 1 is 0.929 bits per heavy atom. The average molecular weight is 413 g/mol. The zero-order valence-corrected chi connectivity index (χ0v) is 19.8. The molecule has 0 bridgehead atoms. The molecule has 0 unspecified atom stereocenters. The van der Waals surface area contributed by atoms with Crippen LogP contribution < -0.4 is 14.2 Å². The van der Waals surface area contributed by atoms with Crippen LogP contribution in [-0.4, -0.2) is 53.6 Å². The lowest BCUT2D eigenvalue weighted by Gasteiger charge is -2.36. The van der Waals surface area contributed by atoms with Crippen molar-refractivity contribution in [2.75, 3.05) is 27.9 Å². The monoisotopic (exact) mass is 412 g/mol. The summed E-state index contributed by atoms with van der Waals surface area (Å²) in [7, 11) is 2.97. The Balaban J connectivity index is 2.52. The van der Waals surface area contributed by atoms with E-state index in [1.54, 1.807) is 21.3 Å². The Kier molecular flexibility index (Phi) is 7.07. The summed E-state index contributed by atoms with van der Waals surface area (Å²) in [6.07, 6.45) is 0.487. The summed E-state index contributed by atoms with van der Waals surface area (Å²) in [6.45, 7) is 13.5. The average Bonchev–Trinajstić information content (AvgIpc) is 3.37. The zero-order valence-electron chi connectivity index (χ0n) is 18.8. The first-order valence-electron chi connectivity index (χ1n) is 9.72. The van der Waals surface area contributed by atoms with Crippen LogP contribution >= 0.6 is 0 Å². The standard InChI is InChI=1S/C21H36O6Si/c1-13-18(23-5)14(10-16-17(11-22)27-16)15(20(25-7)19(13)24-6)12-26-28(8,9)21(2,3)4/h16-17,22H,10-12H2,1-9H3/t16-,17-/m1/s1. The molecule has 6 nitrogen and oxygen atoms in total. The van der Waals surface area contributed by atoms with Gasteiger partial charge in [0.1, 0.15) is 11.9 Å². The number of hydrogen-bond acceptors (Lipinski definition) is 6. The number of aliphatic hydroxyl groups is 1. The molecule has 2 rings (SSSR count). The summed E-state index contributed by atoms with van der Waals surface area (Å²) in [4.78, 5) is 0. The van der Waals surface area contributed by atoms with Gasteiger partial charge in [0.05, 0.1) is 40.6 Å². The summed E-state index contributed by atoms with van der Waals surface area (Å²) < 4.78 is 29.3. The van der Waals surface area contributed by atoms with Crippen molar-refractivity contribution in [1.82, 2.24) is 0 Å². The fourth-order valence-electron chi connectivity index (χ4n) is 3.21.